The monoisotopic (exact) mass is 281 g/mol. The van der Waals surface area contributed by atoms with Gasteiger partial charge in [0.25, 0.3) is 0 Å². The average molecular weight is 281 g/mol. The predicted molar refractivity (Wildman–Crippen MR) is 69.9 cm³/mol. The summed E-state index contributed by atoms with van der Waals surface area (Å²) in [6.45, 7) is 0.486. The Balaban J connectivity index is 2.18. The summed E-state index contributed by atoms with van der Waals surface area (Å²) in [5, 5.41) is 0. The number of rotatable bonds is 3. The molecular formula is C13H15NO4S. The molecule has 1 aliphatic rings. The first kappa shape index (κ1) is 13.8. The standard InChI is InChI=1S/C13H15NO4S/c1-18-13(15)11-7-9-14(10-8-11)19(16,17)12-5-3-2-4-6-12/h2-7H,8-10H2,1H3. The maximum Gasteiger partial charge on any atom is 0.333 e. The lowest BCUT2D eigenvalue weighted by Gasteiger charge is -2.24. The highest BCUT2D eigenvalue weighted by Crippen LogP contribution is 2.20. The number of methoxy groups -OCH3 is 1. The van der Waals surface area contributed by atoms with Crippen LogP contribution in [0.15, 0.2) is 46.9 Å². The van der Waals surface area contributed by atoms with E-state index in [0.29, 0.717) is 12.0 Å². The topological polar surface area (TPSA) is 63.7 Å². The molecule has 1 aromatic rings. The molecule has 5 nitrogen and oxygen atoms in total. The van der Waals surface area contributed by atoms with Gasteiger partial charge in [-0.05, 0) is 18.6 Å². The first-order chi connectivity index (χ1) is 9.05. The number of hydrogen-bond acceptors (Lipinski definition) is 4. The Kier molecular flexibility index (Phi) is 4.01. The van der Waals surface area contributed by atoms with Crippen molar-refractivity contribution in [1.82, 2.24) is 4.31 Å². The molecule has 0 saturated carbocycles. The Morgan fingerprint density at radius 2 is 1.95 bits per heavy atom. The normalized spacial score (nSPS) is 16.8. The second-order valence-electron chi connectivity index (χ2n) is 4.15. The van der Waals surface area contributed by atoms with Crippen molar-refractivity contribution in [2.24, 2.45) is 0 Å². The first-order valence-electron chi connectivity index (χ1n) is 5.88. The van der Waals surface area contributed by atoms with E-state index in [1.807, 2.05) is 0 Å². The molecule has 0 saturated heterocycles. The van der Waals surface area contributed by atoms with E-state index in [0.717, 1.165) is 0 Å². The zero-order chi connectivity index (χ0) is 13.9. The summed E-state index contributed by atoms with van der Waals surface area (Å²) >= 11 is 0. The Hall–Kier alpha value is -1.66. The fraction of sp³-hybridized carbons (Fsp3) is 0.308. The maximum atomic E-state index is 12.3. The number of ether oxygens (including phenoxy) is 1. The van der Waals surface area contributed by atoms with Gasteiger partial charge < -0.3 is 4.74 Å². The van der Waals surface area contributed by atoms with Gasteiger partial charge in [-0.3, -0.25) is 0 Å². The maximum absolute atomic E-state index is 12.3. The van der Waals surface area contributed by atoms with Crippen LogP contribution in [0.4, 0.5) is 0 Å². The Morgan fingerprint density at radius 1 is 1.26 bits per heavy atom. The van der Waals surface area contributed by atoms with E-state index in [-0.39, 0.29) is 18.0 Å². The highest BCUT2D eigenvalue weighted by Gasteiger charge is 2.27. The minimum Gasteiger partial charge on any atom is -0.466 e. The minimum atomic E-state index is -3.48. The molecule has 0 unspecified atom stereocenters. The second-order valence-corrected chi connectivity index (χ2v) is 6.08. The van der Waals surface area contributed by atoms with Crippen molar-refractivity contribution < 1.29 is 17.9 Å². The molecule has 0 bridgehead atoms. The van der Waals surface area contributed by atoms with E-state index in [1.54, 1.807) is 36.4 Å². The fourth-order valence-corrected chi connectivity index (χ4v) is 3.33. The van der Waals surface area contributed by atoms with Crippen molar-refractivity contribution in [1.29, 1.82) is 0 Å². The van der Waals surface area contributed by atoms with Crippen molar-refractivity contribution >= 4 is 16.0 Å². The van der Waals surface area contributed by atoms with Crippen molar-refractivity contribution in [3.05, 3.63) is 42.0 Å². The van der Waals surface area contributed by atoms with Crippen LogP contribution in [0.3, 0.4) is 0 Å². The molecule has 2 rings (SSSR count). The molecule has 0 spiro atoms. The van der Waals surface area contributed by atoms with Gasteiger partial charge in [-0.15, -0.1) is 0 Å². The van der Waals surface area contributed by atoms with Crippen molar-refractivity contribution in [2.75, 3.05) is 20.2 Å². The van der Waals surface area contributed by atoms with Crippen LogP contribution in [0.1, 0.15) is 6.42 Å². The number of carbonyl (C=O) groups is 1. The minimum absolute atomic E-state index is 0.196. The summed E-state index contributed by atoms with van der Waals surface area (Å²) in [6.07, 6.45) is 1.98. The van der Waals surface area contributed by atoms with Crippen LogP contribution in [0, 0.1) is 0 Å². The van der Waals surface area contributed by atoms with Gasteiger partial charge in [-0.25, -0.2) is 13.2 Å². The van der Waals surface area contributed by atoms with Gasteiger partial charge >= 0.3 is 5.97 Å². The summed E-state index contributed by atoms with van der Waals surface area (Å²) < 4.78 is 30.6. The number of carbonyl (C=O) groups excluding carboxylic acids is 1. The SMILES string of the molecule is COC(=O)C1=CCN(S(=O)(=O)c2ccccc2)CC1. The number of esters is 1. The molecule has 0 radical (unpaired) electrons. The summed E-state index contributed by atoms with van der Waals surface area (Å²) in [7, 11) is -2.17. The number of hydrogen-bond donors (Lipinski definition) is 0. The zero-order valence-electron chi connectivity index (χ0n) is 10.6. The largest absolute Gasteiger partial charge is 0.466 e. The molecule has 6 heteroatoms. The molecule has 0 N–H and O–H groups in total. The Morgan fingerprint density at radius 3 is 2.47 bits per heavy atom. The molecule has 1 aromatic carbocycles. The summed E-state index contributed by atoms with van der Waals surface area (Å²) in [5.41, 5.74) is 0.530. The molecule has 1 aliphatic heterocycles. The second kappa shape index (κ2) is 5.54. The van der Waals surface area contributed by atoms with Gasteiger partial charge in [0.1, 0.15) is 0 Å². The van der Waals surface area contributed by atoms with Crippen LogP contribution in [0.25, 0.3) is 0 Å². The molecule has 19 heavy (non-hydrogen) atoms. The molecular weight excluding hydrogens is 266 g/mol. The van der Waals surface area contributed by atoms with Crippen LogP contribution in [0.5, 0.6) is 0 Å². The predicted octanol–water partition coefficient (Wildman–Crippen LogP) is 1.18. The summed E-state index contributed by atoms with van der Waals surface area (Å²) in [4.78, 5) is 11.6. The molecule has 0 amide bonds. The number of benzene rings is 1. The van der Waals surface area contributed by atoms with Gasteiger partial charge in [-0.2, -0.15) is 4.31 Å². The first-order valence-corrected chi connectivity index (χ1v) is 7.32. The summed E-state index contributed by atoms with van der Waals surface area (Å²) in [5.74, 6) is -0.392. The van der Waals surface area contributed by atoms with Crippen molar-refractivity contribution in [2.45, 2.75) is 11.3 Å². The Bertz CT molecular complexity index is 592. The van der Waals surface area contributed by atoms with Gasteiger partial charge in [0, 0.05) is 18.7 Å². The van der Waals surface area contributed by atoms with Crippen LogP contribution in [-0.4, -0.2) is 38.9 Å². The number of nitrogens with zero attached hydrogens (tertiary/aromatic N) is 1. The molecule has 0 atom stereocenters. The van der Waals surface area contributed by atoms with Crippen LogP contribution >= 0.6 is 0 Å². The van der Waals surface area contributed by atoms with E-state index < -0.39 is 16.0 Å². The van der Waals surface area contributed by atoms with E-state index in [1.165, 1.54) is 11.4 Å². The third-order valence-electron chi connectivity index (χ3n) is 3.00. The highest BCUT2D eigenvalue weighted by molar-refractivity contribution is 7.89. The van der Waals surface area contributed by atoms with E-state index >= 15 is 0 Å². The molecule has 1 heterocycles. The third kappa shape index (κ3) is 2.85. The van der Waals surface area contributed by atoms with Gasteiger partial charge in [0.2, 0.25) is 10.0 Å². The lowest BCUT2D eigenvalue weighted by molar-refractivity contribution is -0.136. The lowest BCUT2D eigenvalue weighted by Crippen LogP contribution is -2.35. The quantitative estimate of drug-likeness (QED) is 0.780. The van der Waals surface area contributed by atoms with Gasteiger partial charge in [0.05, 0.1) is 12.0 Å². The molecule has 102 valence electrons. The fourth-order valence-electron chi connectivity index (χ4n) is 1.93. The van der Waals surface area contributed by atoms with Gasteiger partial charge in [-0.1, -0.05) is 24.3 Å². The molecule has 0 aromatic heterocycles. The van der Waals surface area contributed by atoms with Gasteiger partial charge in [0.15, 0.2) is 0 Å². The van der Waals surface area contributed by atoms with E-state index in [2.05, 4.69) is 4.74 Å². The highest BCUT2D eigenvalue weighted by atomic mass is 32.2. The smallest absolute Gasteiger partial charge is 0.333 e. The van der Waals surface area contributed by atoms with Crippen LogP contribution < -0.4 is 0 Å². The van der Waals surface area contributed by atoms with Crippen molar-refractivity contribution in [3.63, 3.8) is 0 Å². The van der Waals surface area contributed by atoms with Crippen LogP contribution in [0.2, 0.25) is 0 Å². The molecule has 0 aliphatic carbocycles. The molecule has 0 fully saturated rings. The Labute approximate surface area is 112 Å². The third-order valence-corrected chi connectivity index (χ3v) is 4.88. The van der Waals surface area contributed by atoms with Crippen LogP contribution in [-0.2, 0) is 19.6 Å². The van der Waals surface area contributed by atoms with E-state index in [4.69, 9.17) is 0 Å². The number of sulfonamides is 1. The zero-order valence-corrected chi connectivity index (χ0v) is 11.4. The average Bonchev–Trinajstić information content (AvgIpc) is 2.47. The summed E-state index contributed by atoms with van der Waals surface area (Å²) in [6, 6.07) is 8.27. The lowest BCUT2D eigenvalue weighted by atomic mass is 10.1. The van der Waals surface area contributed by atoms with Crippen molar-refractivity contribution in [3.8, 4) is 0 Å². The van der Waals surface area contributed by atoms with E-state index in [9.17, 15) is 13.2 Å².